The van der Waals surface area contributed by atoms with E-state index in [9.17, 15) is 0 Å². The van der Waals surface area contributed by atoms with E-state index >= 15 is 0 Å². The summed E-state index contributed by atoms with van der Waals surface area (Å²) >= 11 is 1.92. The fraction of sp³-hybridized carbons (Fsp3) is 0.700. The number of aryl methyl sites for hydroxylation is 1. The molecule has 1 rings (SSSR count). The third-order valence-corrected chi connectivity index (χ3v) is 3.44. The molecule has 0 amide bonds. The van der Waals surface area contributed by atoms with Crippen LogP contribution in [0.3, 0.4) is 0 Å². The summed E-state index contributed by atoms with van der Waals surface area (Å²) in [6.07, 6.45) is 4.98. The average Bonchev–Trinajstić information content (AvgIpc) is 2.62. The van der Waals surface area contributed by atoms with Gasteiger partial charge in [0.1, 0.15) is 5.82 Å². The smallest absolute Gasteiger partial charge is 0.118 e. The minimum Gasteiger partial charge on any atom is -0.335 e. The Balaban J connectivity index is 2.37. The van der Waals surface area contributed by atoms with Crippen LogP contribution in [-0.2, 0) is 12.3 Å². The van der Waals surface area contributed by atoms with Crippen molar-refractivity contribution in [3.63, 3.8) is 0 Å². The highest BCUT2D eigenvalue weighted by atomic mass is 32.2. The Bertz CT molecular complexity index is 260. The molecule has 1 aromatic rings. The highest BCUT2D eigenvalue weighted by Crippen LogP contribution is 2.18. The number of imidazole rings is 1. The lowest BCUT2D eigenvalue weighted by Gasteiger charge is -2.09. The van der Waals surface area contributed by atoms with E-state index in [0.717, 1.165) is 25.3 Å². The molecule has 0 radical (unpaired) electrons. The summed E-state index contributed by atoms with van der Waals surface area (Å²) < 4.78 is 2.18. The van der Waals surface area contributed by atoms with Crippen LogP contribution < -0.4 is 5.73 Å². The molecule has 1 heterocycles. The molecule has 0 saturated carbocycles. The molecule has 0 bridgehead atoms. The van der Waals surface area contributed by atoms with E-state index in [1.807, 2.05) is 24.2 Å². The molecule has 0 aliphatic carbocycles. The molecule has 14 heavy (non-hydrogen) atoms. The Kier molecular flexibility index (Phi) is 5.04. The first-order chi connectivity index (χ1) is 6.77. The summed E-state index contributed by atoms with van der Waals surface area (Å²) in [4.78, 5) is 4.33. The fourth-order valence-corrected chi connectivity index (χ4v) is 2.28. The number of hydrogen-bond donors (Lipinski definition) is 1. The van der Waals surface area contributed by atoms with Gasteiger partial charge in [0.25, 0.3) is 0 Å². The van der Waals surface area contributed by atoms with E-state index in [2.05, 4.69) is 23.4 Å². The normalized spacial score (nSPS) is 13.1. The lowest BCUT2D eigenvalue weighted by atomic mass is 10.3. The van der Waals surface area contributed by atoms with Crippen LogP contribution in [0, 0.1) is 0 Å². The predicted molar refractivity (Wildman–Crippen MR) is 62.3 cm³/mol. The van der Waals surface area contributed by atoms with Crippen molar-refractivity contribution in [2.45, 2.75) is 37.8 Å². The summed E-state index contributed by atoms with van der Waals surface area (Å²) in [7, 11) is 0. The molecular weight excluding hydrogens is 194 g/mol. The molecule has 0 saturated heterocycles. The quantitative estimate of drug-likeness (QED) is 0.784. The van der Waals surface area contributed by atoms with E-state index in [-0.39, 0.29) is 0 Å². The maximum Gasteiger partial charge on any atom is 0.118 e. The molecule has 0 aliphatic rings. The van der Waals surface area contributed by atoms with Gasteiger partial charge in [-0.05, 0) is 19.9 Å². The number of aromatic nitrogens is 2. The minimum absolute atomic E-state index is 0.627. The molecule has 4 heteroatoms. The third kappa shape index (κ3) is 3.35. The second kappa shape index (κ2) is 6.09. The first kappa shape index (κ1) is 11.6. The Hall–Kier alpha value is -0.480. The van der Waals surface area contributed by atoms with E-state index < -0.39 is 0 Å². The molecule has 80 valence electrons. The third-order valence-electron chi connectivity index (χ3n) is 2.21. The molecule has 0 fully saturated rings. The SMILES string of the molecule is CCn1ccnc1CSC(C)CCN. The molecule has 0 aromatic carbocycles. The van der Waals surface area contributed by atoms with Crippen molar-refractivity contribution in [1.82, 2.24) is 9.55 Å². The van der Waals surface area contributed by atoms with Crippen LogP contribution in [0.5, 0.6) is 0 Å². The van der Waals surface area contributed by atoms with Crippen LogP contribution in [0.25, 0.3) is 0 Å². The second-order valence-electron chi connectivity index (χ2n) is 3.33. The number of nitrogens with two attached hydrogens (primary N) is 1. The van der Waals surface area contributed by atoms with Crippen LogP contribution >= 0.6 is 11.8 Å². The van der Waals surface area contributed by atoms with Crippen molar-refractivity contribution in [2.75, 3.05) is 6.54 Å². The Labute approximate surface area is 90.1 Å². The zero-order valence-corrected chi connectivity index (χ0v) is 9.76. The molecule has 1 aromatic heterocycles. The van der Waals surface area contributed by atoms with Gasteiger partial charge in [-0.15, -0.1) is 0 Å². The lowest BCUT2D eigenvalue weighted by Crippen LogP contribution is -2.08. The fourth-order valence-electron chi connectivity index (χ4n) is 1.30. The van der Waals surface area contributed by atoms with Crippen LogP contribution in [0.15, 0.2) is 12.4 Å². The second-order valence-corrected chi connectivity index (χ2v) is 4.76. The summed E-state index contributed by atoms with van der Waals surface area (Å²) in [6.45, 7) is 6.13. The van der Waals surface area contributed by atoms with Gasteiger partial charge in [-0.2, -0.15) is 11.8 Å². The molecule has 2 N–H and O–H groups in total. The summed E-state index contributed by atoms with van der Waals surface area (Å²) in [5.74, 6) is 2.16. The van der Waals surface area contributed by atoms with Gasteiger partial charge in [-0.3, -0.25) is 0 Å². The van der Waals surface area contributed by atoms with Crippen molar-refractivity contribution in [3.05, 3.63) is 18.2 Å². The van der Waals surface area contributed by atoms with Gasteiger partial charge in [-0.1, -0.05) is 6.92 Å². The van der Waals surface area contributed by atoms with Crippen LogP contribution in [0.4, 0.5) is 0 Å². The Morgan fingerprint density at radius 1 is 1.64 bits per heavy atom. The van der Waals surface area contributed by atoms with Gasteiger partial charge >= 0.3 is 0 Å². The maximum absolute atomic E-state index is 5.50. The minimum atomic E-state index is 0.627. The summed E-state index contributed by atoms with van der Waals surface area (Å²) in [6, 6.07) is 0. The number of rotatable bonds is 6. The maximum atomic E-state index is 5.50. The molecule has 0 spiro atoms. The standard InChI is InChI=1S/C10H19N3S/c1-3-13-7-6-12-10(13)8-14-9(2)4-5-11/h6-7,9H,3-5,8,11H2,1-2H3. The van der Waals surface area contributed by atoms with E-state index in [1.165, 1.54) is 5.82 Å². The van der Waals surface area contributed by atoms with Crippen LogP contribution in [-0.4, -0.2) is 21.3 Å². The van der Waals surface area contributed by atoms with Crippen LogP contribution in [0.2, 0.25) is 0 Å². The van der Waals surface area contributed by atoms with Gasteiger partial charge in [0, 0.05) is 24.2 Å². The Morgan fingerprint density at radius 2 is 2.43 bits per heavy atom. The number of nitrogens with zero attached hydrogens (tertiary/aromatic N) is 2. The van der Waals surface area contributed by atoms with Gasteiger partial charge in [0.2, 0.25) is 0 Å². The van der Waals surface area contributed by atoms with E-state index in [4.69, 9.17) is 5.73 Å². The zero-order chi connectivity index (χ0) is 10.4. The average molecular weight is 213 g/mol. The van der Waals surface area contributed by atoms with Crippen molar-refractivity contribution < 1.29 is 0 Å². The molecule has 1 atom stereocenters. The largest absolute Gasteiger partial charge is 0.335 e. The van der Waals surface area contributed by atoms with E-state index in [1.54, 1.807) is 0 Å². The van der Waals surface area contributed by atoms with E-state index in [0.29, 0.717) is 5.25 Å². The predicted octanol–water partition coefficient (Wildman–Crippen LogP) is 1.87. The number of hydrogen-bond acceptors (Lipinski definition) is 3. The van der Waals surface area contributed by atoms with Crippen LogP contribution in [0.1, 0.15) is 26.1 Å². The monoisotopic (exact) mass is 213 g/mol. The van der Waals surface area contributed by atoms with Gasteiger partial charge < -0.3 is 10.3 Å². The molecule has 3 nitrogen and oxygen atoms in total. The van der Waals surface area contributed by atoms with Crippen molar-refractivity contribution in [2.24, 2.45) is 5.73 Å². The topological polar surface area (TPSA) is 43.8 Å². The highest BCUT2D eigenvalue weighted by Gasteiger charge is 2.05. The Morgan fingerprint density at radius 3 is 3.07 bits per heavy atom. The first-order valence-electron chi connectivity index (χ1n) is 5.09. The lowest BCUT2D eigenvalue weighted by molar-refractivity contribution is 0.724. The summed E-state index contributed by atoms with van der Waals surface area (Å²) in [5, 5.41) is 0.627. The van der Waals surface area contributed by atoms with Gasteiger partial charge in [0.15, 0.2) is 0 Å². The van der Waals surface area contributed by atoms with Crippen molar-refractivity contribution >= 4 is 11.8 Å². The highest BCUT2D eigenvalue weighted by molar-refractivity contribution is 7.99. The van der Waals surface area contributed by atoms with Crippen molar-refractivity contribution in [1.29, 1.82) is 0 Å². The molecule has 0 aliphatic heterocycles. The van der Waals surface area contributed by atoms with Gasteiger partial charge in [-0.25, -0.2) is 4.98 Å². The zero-order valence-electron chi connectivity index (χ0n) is 8.94. The van der Waals surface area contributed by atoms with Gasteiger partial charge in [0.05, 0.1) is 5.75 Å². The number of thioether (sulfide) groups is 1. The summed E-state index contributed by atoms with van der Waals surface area (Å²) in [5.41, 5.74) is 5.50. The van der Waals surface area contributed by atoms with Crippen molar-refractivity contribution in [3.8, 4) is 0 Å². The first-order valence-corrected chi connectivity index (χ1v) is 6.14. The molecule has 1 unspecified atom stereocenters. The molecular formula is C10H19N3S.